The molecule has 3 rings (SSSR count). The van der Waals surface area contributed by atoms with Gasteiger partial charge < -0.3 is 15.4 Å². The van der Waals surface area contributed by atoms with Gasteiger partial charge in [-0.3, -0.25) is 19.3 Å². The van der Waals surface area contributed by atoms with E-state index in [9.17, 15) is 14.4 Å². The minimum Gasteiger partial charge on any atom is -0.383 e. The summed E-state index contributed by atoms with van der Waals surface area (Å²) in [5, 5.41) is 5.82. The van der Waals surface area contributed by atoms with Crippen molar-refractivity contribution in [3.63, 3.8) is 0 Å². The summed E-state index contributed by atoms with van der Waals surface area (Å²) in [5.74, 6) is -0.952. The van der Waals surface area contributed by atoms with Crippen LogP contribution in [-0.2, 0) is 25.5 Å². The molecule has 2 aromatic carbocycles. The number of methoxy groups -OCH3 is 1. The average Bonchev–Trinajstić information content (AvgIpc) is 2.96. The Labute approximate surface area is 175 Å². The molecule has 3 amide bonds. The number of anilines is 2. The van der Waals surface area contributed by atoms with Crippen LogP contribution in [0.2, 0.25) is 0 Å². The summed E-state index contributed by atoms with van der Waals surface area (Å²) in [6.45, 7) is 3.92. The molecule has 2 N–H and O–H groups in total. The summed E-state index contributed by atoms with van der Waals surface area (Å²) < 4.78 is 5.05. The quantitative estimate of drug-likeness (QED) is 0.657. The summed E-state index contributed by atoms with van der Waals surface area (Å²) in [7, 11) is 1.52. The van der Waals surface area contributed by atoms with E-state index in [0.717, 1.165) is 12.1 Å². The van der Waals surface area contributed by atoms with Crippen LogP contribution in [0.4, 0.5) is 11.4 Å². The van der Waals surface area contributed by atoms with Crippen LogP contribution >= 0.6 is 0 Å². The van der Waals surface area contributed by atoms with Gasteiger partial charge >= 0.3 is 0 Å². The molecule has 156 valence electrons. The summed E-state index contributed by atoms with van der Waals surface area (Å²) in [6.07, 6.45) is 0.914. The second-order valence-electron chi connectivity index (χ2n) is 6.94. The maximum atomic E-state index is 13.1. The SMILES string of the molecule is CCc1ccc(NC2=C(c3ccc(NC(C)=O)cc3)C(=O)N(CCOC)C2=O)cc1. The number of imide groups is 1. The predicted octanol–water partition coefficient (Wildman–Crippen LogP) is 3.05. The smallest absolute Gasteiger partial charge is 0.278 e. The van der Waals surface area contributed by atoms with Crippen molar-refractivity contribution >= 4 is 34.7 Å². The molecule has 2 aromatic rings. The van der Waals surface area contributed by atoms with Gasteiger partial charge in [0.15, 0.2) is 0 Å². The fourth-order valence-corrected chi connectivity index (χ4v) is 3.24. The van der Waals surface area contributed by atoms with Gasteiger partial charge in [-0.2, -0.15) is 0 Å². The molecule has 0 radical (unpaired) electrons. The lowest BCUT2D eigenvalue weighted by atomic mass is 10.0. The first-order valence-electron chi connectivity index (χ1n) is 9.78. The van der Waals surface area contributed by atoms with E-state index in [4.69, 9.17) is 4.74 Å². The maximum Gasteiger partial charge on any atom is 0.278 e. The van der Waals surface area contributed by atoms with Crippen molar-refractivity contribution in [2.45, 2.75) is 20.3 Å². The summed E-state index contributed by atoms with van der Waals surface area (Å²) in [4.78, 5) is 38.5. The molecule has 0 saturated heterocycles. The second kappa shape index (κ2) is 9.37. The standard InChI is InChI=1S/C23H25N3O4/c1-4-16-5-9-19(10-6-16)25-21-20(22(28)26(23(21)29)13-14-30-3)17-7-11-18(12-8-17)24-15(2)27/h5-12,25H,4,13-14H2,1-3H3,(H,24,27). The normalized spacial score (nSPS) is 13.8. The Morgan fingerprint density at radius 3 is 2.17 bits per heavy atom. The van der Waals surface area contributed by atoms with Crippen molar-refractivity contribution in [2.75, 3.05) is 30.9 Å². The number of carbonyl (C=O) groups excluding carboxylic acids is 3. The zero-order valence-electron chi connectivity index (χ0n) is 17.3. The molecule has 1 heterocycles. The van der Waals surface area contributed by atoms with E-state index in [1.807, 2.05) is 24.3 Å². The zero-order chi connectivity index (χ0) is 21.7. The first kappa shape index (κ1) is 21.3. The molecule has 1 aliphatic rings. The van der Waals surface area contributed by atoms with E-state index < -0.39 is 5.91 Å². The van der Waals surface area contributed by atoms with Crippen LogP contribution in [0.1, 0.15) is 25.0 Å². The topological polar surface area (TPSA) is 87.7 Å². The van der Waals surface area contributed by atoms with Gasteiger partial charge in [0, 0.05) is 25.4 Å². The van der Waals surface area contributed by atoms with Crippen LogP contribution in [-0.4, -0.2) is 42.9 Å². The van der Waals surface area contributed by atoms with Gasteiger partial charge in [0.05, 0.1) is 18.7 Å². The van der Waals surface area contributed by atoms with Crippen molar-refractivity contribution in [1.82, 2.24) is 4.90 Å². The number of hydrogen-bond donors (Lipinski definition) is 2. The van der Waals surface area contributed by atoms with Gasteiger partial charge in [-0.1, -0.05) is 31.2 Å². The minimum atomic E-state index is -0.391. The molecule has 30 heavy (non-hydrogen) atoms. The molecule has 0 unspecified atom stereocenters. The Balaban J connectivity index is 1.97. The number of hydrogen-bond acceptors (Lipinski definition) is 5. The maximum absolute atomic E-state index is 13.1. The highest BCUT2D eigenvalue weighted by Crippen LogP contribution is 2.31. The number of nitrogens with zero attached hydrogens (tertiary/aromatic N) is 1. The monoisotopic (exact) mass is 407 g/mol. The number of carbonyl (C=O) groups is 3. The van der Waals surface area contributed by atoms with Crippen molar-refractivity contribution < 1.29 is 19.1 Å². The number of ether oxygens (including phenoxy) is 1. The molecule has 0 bridgehead atoms. The van der Waals surface area contributed by atoms with Crippen LogP contribution < -0.4 is 10.6 Å². The minimum absolute atomic E-state index is 0.168. The highest BCUT2D eigenvalue weighted by Gasteiger charge is 2.38. The molecule has 1 aliphatic heterocycles. The first-order chi connectivity index (χ1) is 14.4. The molecular weight excluding hydrogens is 382 g/mol. The zero-order valence-corrected chi connectivity index (χ0v) is 17.3. The first-order valence-corrected chi connectivity index (χ1v) is 9.78. The van der Waals surface area contributed by atoms with E-state index in [-0.39, 0.29) is 30.7 Å². The third-order valence-corrected chi connectivity index (χ3v) is 4.81. The highest BCUT2D eigenvalue weighted by atomic mass is 16.5. The molecule has 0 aromatic heterocycles. The molecule has 7 nitrogen and oxygen atoms in total. The van der Waals surface area contributed by atoms with Crippen LogP contribution in [0.3, 0.4) is 0 Å². The number of benzene rings is 2. The van der Waals surface area contributed by atoms with Crippen LogP contribution in [0.5, 0.6) is 0 Å². The van der Waals surface area contributed by atoms with E-state index in [0.29, 0.717) is 16.8 Å². The van der Waals surface area contributed by atoms with Crippen LogP contribution in [0.15, 0.2) is 54.2 Å². The molecule has 0 aliphatic carbocycles. The lowest BCUT2D eigenvalue weighted by Gasteiger charge is -2.14. The van der Waals surface area contributed by atoms with E-state index >= 15 is 0 Å². The van der Waals surface area contributed by atoms with E-state index in [2.05, 4.69) is 17.6 Å². The number of aryl methyl sites for hydroxylation is 1. The van der Waals surface area contributed by atoms with Gasteiger partial charge in [0.1, 0.15) is 5.70 Å². The summed E-state index contributed by atoms with van der Waals surface area (Å²) >= 11 is 0. The van der Waals surface area contributed by atoms with Gasteiger partial charge in [-0.25, -0.2) is 0 Å². The number of nitrogens with one attached hydrogen (secondary N) is 2. The Morgan fingerprint density at radius 1 is 0.967 bits per heavy atom. The second-order valence-corrected chi connectivity index (χ2v) is 6.94. The molecular formula is C23H25N3O4. The van der Waals surface area contributed by atoms with E-state index in [1.54, 1.807) is 24.3 Å². The van der Waals surface area contributed by atoms with E-state index in [1.165, 1.54) is 24.5 Å². The van der Waals surface area contributed by atoms with Gasteiger partial charge in [-0.15, -0.1) is 0 Å². The third-order valence-electron chi connectivity index (χ3n) is 4.81. The predicted molar refractivity (Wildman–Crippen MR) is 116 cm³/mol. The van der Waals surface area contributed by atoms with Crippen molar-refractivity contribution in [3.05, 3.63) is 65.4 Å². The molecule has 7 heteroatoms. The largest absolute Gasteiger partial charge is 0.383 e. The lowest BCUT2D eigenvalue weighted by Crippen LogP contribution is -2.35. The molecule has 0 saturated carbocycles. The Morgan fingerprint density at radius 2 is 1.60 bits per heavy atom. The number of rotatable bonds is 8. The van der Waals surface area contributed by atoms with Gasteiger partial charge in [-0.05, 0) is 41.8 Å². The Hall–Kier alpha value is -3.45. The van der Waals surface area contributed by atoms with Gasteiger partial charge in [0.25, 0.3) is 11.8 Å². The summed E-state index contributed by atoms with van der Waals surface area (Å²) in [6, 6.07) is 14.6. The van der Waals surface area contributed by atoms with Gasteiger partial charge in [0.2, 0.25) is 5.91 Å². The average molecular weight is 407 g/mol. The van der Waals surface area contributed by atoms with Crippen molar-refractivity contribution in [3.8, 4) is 0 Å². The molecule has 0 spiro atoms. The fourth-order valence-electron chi connectivity index (χ4n) is 3.24. The Bertz CT molecular complexity index is 979. The van der Waals surface area contributed by atoms with Crippen LogP contribution in [0.25, 0.3) is 5.57 Å². The van der Waals surface area contributed by atoms with Crippen molar-refractivity contribution in [2.24, 2.45) is 0 Å². The molecule has 0 fully saturated rings. The number of amides is 3. The third kappa shape index (κ3) is 4.58. The molecule has 0 atom stereocenters. The highest BCUT2D eigenvalue weighted by molar-refractivity contribution is 6.36. The Kier molecular flexibility index (Phi) is 6.64. The fraction of sp³-hybridized carbons (Fsp3) is 0.261. The van der Waals surface area contributed by atoms with Crippen molar-refractivity contribution in [1.29, 1.82) is 0 Å². The van der Waals surface area contributed by atoms with Crippen LogP contribution in [0, 0.1) is 0 Å². The summed E-state index contributed by atoms with van der Waals surface area (Å²) in [5.41, 5.74) is 3.64. The lowest BCUT2D eigenvalue weighted by molar-refractivity contribution is -0.137.